The predicted molar refractivity (Wildman–Crippen MR) is 136 cm³/mol. The minimum absolute atomic E-state index is 0.256. The van der Waals surface area contributed by atoms with Crippen LogP contribution in [0.2, 0.25) is 0 Å². The number of nitrogens with one attached hydrogen (secondary N) is 1. The Kier molecular flexibility index (Phi) is 7.48. The molecule has 0 aliphatic rings. The summed E-state index contributed by atoms with van der Waals surface area (Å²) in [7, 11) is 0. The summed E-state index contributed by atoms with van der Waals surface area (Å²) in [5, 5.41) is 2.99. The van der Waals surface area contributed by atoms with Crippen molar-refractivity contribution >= 4 is 11.7 Å². The molecular weight excluding hydrogens is 463 g/mol. The van der Waals surface area contributed by atoms with Crippen LogP contribution in [0.1, 0.15) is 33.5 Å². The maximum atomic E-state index is 13.3. The molecule has 0 saturated heterocycles. The van der Waals surface area contributed by atoms with E-state index in [2.05, 4.69) is 5.32 Å². The maximum absolute atomic E-state index is 13.3. The van der Waals surface area contributed by atoms with Crippen LogP contribution in [0, 0.1) is 13.8 Å². The number of rotatable bonds is 7. The van der Waals surface area contributed by atoms with Crippen LogP contribution in [-0.4, -0.2) is 15.5 Å². The summed E-state index contributed by atoms with van der Waals surface area (Å²) in [5.74, 6) is 0. The van der Waals surface area contributed by atoms with Gasteiger partial charge in [0, 0.05) is 30.7 Å². The van der Waals surface area contributed by atoms with E-state index in [-0.39, 0.29) is 19.1 Å². The molecular formula is C29H28F3N3O. The highest BCUT2D eigenvalue weighted by atomic mass is 19.4. The standard InChI is InChI=1S/C29H28F3N3O/c1-21-13-14-26(16-22(21)2)33-28(36)35(18-23-8-4-3-5-9-23)20-27-12-7-15-34(27)19-24-10-6-11-25(17-24)29(30,31)32/h3-17H,18-20H2,1-2H3,(H,33,36). The van der Waals surface area contributed by atoms with Crippen molar-refractivity contribution in [1.82, 2.24) is 9.47 Å². The van der Waals surface area contributed by atoms with Crippen LogP contribution in [-0.2, 0) is 25.8 Å². The van der Waals surface area contributed by atoms with Crippen molar-refractivity contribution < 1.29 is 18.0 Å². The molecule has 1 N–H and O–H groups in total. The highest BCUT2D eigenvalue weighted by Crippen LogP contribution is 2.30. The molecule has 0 unspecified atom stereocenters. The Morgan fingerprint density at radius 2 is 1.58 bits per heavy atom. The maximum Gasteiger partial charge on any atom is 0.416 e. The van der Waals surface area contributed by atoms with E-state index < -0.39 is 11.7 Å². The molecule has 4 nitrogen and oxygen atoms in total. The van der Waals surface area contributed by atoms with Crippen LogP contribution in [0.3, 0.4) is 0 Å². The van der Waals surface area contributed by atoms with E-state index in [0.29, 0.717) is 17.8 Å². The summed E-state index contributed by atoms with van der Waals surface area (Å²) in [6.07, 6.45) is -2.58. The van der Waals surface area contributed by atoms with E-state index >= 15 is 0 Å². The molecule has 0 saturated carbocycles. The molecule has 36 heavy (non-hydrogen) atoms. The van der Waals surface area contributed by atoms with Crippen molar-refractivity contribution in [3.63, 3.8) is 0 Å². The number of aryl methyl sites for hydroxylation is 2. The highest BCUT2D eigenvalue weighted by Gasteiger charge is 2.30. The highest BCUT2D eigenvalue weighted by molar-refractivity contribution is 5.89. The average Bonchev–Trinajstić information content (AvgIpc) is 3.27. The zero-order chi connectivity index (χ0) is 25.7. The fraction of sp³-hybridized carbons (Fsp3) is 0.207. The van der Waals surface area contributed by atoms with Gasteiger partial charge in [-0.15, -0.1) is 0 Å². The Labute approximate surface area is 209 Å². The van der Waals surface area contributed by atoms with Crippen LogP contribution < -0.4 is 5.32 Å². The van der Waals surface area contributed by atoms with Gasteiger partial charge in [0.25, 0.3) is 0 Å². The largest absolute Gasteiger partial charge is 0.416 e. The molecule has 0 spiro atoms. The molecule has 3 aromatic carbocycles. The number of hydrogen-bond donors (Lipinski definition) is 1. The average molecular weight is 492 g/mol. The number of amides is 2. The second-order valence-electron chi connectivity index (χ2n) is 8.90. The molecule has 186 valence electrons. The molecule has 0 atom stereocenters. The lowest BCUT2D eigenvalue weighted by molar-refractivity contribution is -0.137. The monoisotopic (exact) mass is 491 g/mol. The van der Waals surface area contributed by atoms with E-state index in [1.165, 1.54) is 6.07 Å². The Hall–Kier alpha value is -4.00. The summed E-state index contributed by atoms with van der Waals surface area (Å²) >= 11 is 0. The first-order valence-corrected chi connectivity index (χ1v) is 11.7. The normalized spacial score (nSPS) is 11.4. The molecule has 4 rings (SSSR count). The Morgan fingerprint density at radius 3 is 2.31 bits per heavy atom. The van der Waals surface area contributed by atoms with Crippen LogP contribution in [0.4, 0.5) is 23.7 Å². The van der Waals surface area contributed by atoms with E-state index in [4.69, 9.17) is 0 Å². The number of benzene rings is 3. The van der Waals surface area contributed by atoms with Crippen molar-refractivity contribution in [3.8, 4) is 0 Å². The molecule has 1 heterocycles. The molecule has 0 bridgehead atoms. The zero-order valence-corrected chi connectivity index (χ0v) is 20.2. The lowest BCUT2D eigenvalue weighted by atomic mass is 10.1. The SMILES string of the molecule is Cc1ccc(NC(=O)N(Cc2ccccc2)Cc2cccn2Cc2cccc(C(F)(F)F)c2)cc1C. The van der Waals surface area contributed by atoms with Gasteiger partial charge in [-0.25, -0.2) is 4.79 Å². The van der Waals surface area contributed by atoms with E-state index in [1.54, 1.807) is 11.0 Å². The number of hydrogen-bond acceptors (Lipinski definition) is 1. The Balaban J connectivity index is 1.56. The van der Waals surface area contributed by atoms with Gasteiger partial charge < -0.3 is 14.8 Å². The summed E-state index contributed by atoms with van der Waals surface area (Å²) in [6, 6.07) is 24.2. The van der Waals surface area contributed by atoms with Crippen molar-refractivity contribution in [2.75, 3.05) is 5.32 Å². The predicted octanol–water partition coefficient (Wildman–Crippen LogP) is 7.41. The van der Waals surface area contributed by atoms with Crippen molar-refractivity contribution in [3.05, 3.63) is 125 Å². The lowest BCUT2D eigenvalue weighted by Crippen LogP contribution is -2.34. The van der Waals surface area contributed by atoms with Gasteiger partial charge >= 0.3 is 12.2 Å². The fourth-order valence-corrected chi connectivity index (χ4v) is 4.01. The van der Waals surface area contributed by atoms with Gasteiger partial charge in [0.15, 0.2) is 0 Å². The minimum Gasteiger partial charge on any atom is -0.345 e. The molecule has 2 amide bonds. The number of aromatic nitrogens is 1. The second kappa shape index (κ2) is 10.7. The third-order valence-corrected chi connectivity index (χ3v) is 6.15. The fourth-order valence-electron chi connectivity index (χ4n) is 4.01. The van der Waals surface area contributed by atoms with Crippen molar-refractivity contribution in [2.45, 2.75) is 39.7 Å². The number of alkyl halides is 3. The molecule has 0 aliphatic heterocycles. The van der Waals surface area contributed by atoms with Gasteiger partial charge in [0.2, 0.25) is 0 Å². The van der Waals surface area contributed by atoms with Gasteiger partial charge in [-0.05, 0) is 72.5 Å². The second-order valence-corrected chi connectivity index (χ2v) is 8.90. The minimum atomic E-state index is -4.39. The summed E-state index contributed by atoms with van der Waals surface area (Å²) in [4.78, 5) is 15.0. The number of halogens is 3. The first-order chi connectivity index (χ1) is 17.2. The third-order valence-electron chi connectivity index (χ3n) is 6.15. The lowest BCUT2D eigenvalue weighted by Gasteiger charge is -2.24. The van der Waals surface area contributed by atoms with E-state index in [0.717, 1.165) is 34.5 Å². The van der Waals surface area contributed by atoms with Crippen molar-refractivity contribution in [1.29, 1.82) is 0 Å². The zero-order valence-electron chi connectivity index (χ0n) is 20.2. The Morgan fingerprint density at radius 1 is 0.833 bits per heavy atom. The van der Waals surface area contributed by atoms with Gasteiger partial charge in [-0.3, -0.25) is 0 Å². The summed E-state index contributed by atoms with van der Waals surface area (Å²) < 4.78 is 41.4. The van der Waals surface area contributed by atoms with Gasteiger partial charge in [0.05, 0.1) is 12.1 Å². The molecule has 7 heteroatoms. The number of urea groups is 1. The van der Waals surface area contributed by atoms with Crippen molar-refractivity contribution in [2.24, 2.45) is 0 Å². The van der Waals surface area contributed by atoms with Gasteiger partial charge in [-0.2, -0.15) is 13.2 Å². The first kappa shape index (κ1) is 25.1. The van der Waals surface area contributed by atoms with Crippen LogP contribution >= 0.6 is 0 Å². The van der Waals surface area contributed by atoms with Gasteiger partial charge in [-0.1, -0.05) is 48.5 Å². The molecule has 0 fully saturated rings. The summed E-state index contributed by atoms with van der Waals surface area (Å²) in [6.45, 7) is 4.95. The number of anilines is 1. The summed E-state index contributed by atoms with van der Waals surface area (Å²) in [5.41, 5.74) is 4.59. The first-order valence-electron chi connectivity index (χ1n) is 11.7. The number of carbonyl (C=O) groups excluding carboxylic acids is 1. The van der Waals surface area contributed by atoms with Crippen LogP contribution in [0.25, 0.3) is 0 Å². The molecule has 0 aliphatic carbocycles. The van der Waals surface area contributed by atoms with E-state index in [1.807, 2.05) is 85.3 Å². The number of nitrogens with zero attached hydrogens (tertiary/aromatic N) is 2. The molecule has 1 aromatic heterocycles. The molecule has 4 aromatic rings. The van der Waals surface area contributed by atoms with Gasteiger partial charge in [0.1, 0.15) is 0 Å². The topological polar surface area (TPSA) is 37.3 Å². The van der Waals surface area contributed by atoms with Crippen LogP contribution in [0.15, 0.2) is 91.1 Å². The molecule has 0 radical (unpaired) electrons. The third kappa shape index (κ3) is 6.36. The van der Waals surface area contributed by atoms with Crippen LogP contribution in [0.5, 0.6) is 0 Å². The number of carbonyl (C=O) groups is 1. The van der Waals surface area contributed by atoms with E-state index in [9.17, 15) is 18.0 Å². The quantitative estimate of drug-likeness (QED) is 0.287. The smallest absolute Gasteiger partial charge is 0.345 e. The Bertz CT molecular complexity index is 1330.